The minimum absolute atomic E-state index is 0.216. The molecule has 8 heteroatoms. The molecule has 142 valence electrons. The molecule has 0 bridgehead atoms. The molecule has 0 radical (unpaired) electrons. The van der Waals surface area contributed by atoms with Crippen LogP contribution in [0.15, 0.2) is 48.9 Å². The summed E-state index contributed by atoms with van der Waals surface area (Å²) < 4.78 is 2.76. The molecule has 3 aromatic heterocycles. The van der Waals surface area contributed by atoms with E-state index in [0.29, 0.717) is 25.6 Å². The topological polar surface area (TPSA) is 38.1 Å². The Morgan fingerprint density at radius 2 is 1.82 bits per heavy atom. The van der Waals surface area contributed by atoms with E-state index in [9.17, 15) is 4.79 Å². The lowest BCUT2D eigenvalue weighted by atomic mass is 10.1. The highest BCUT2D eigenvalue weighted by atomic mass is 35.5. The zero-order chi connectivity index (χ0) is 20.0. The van der Waals surface area contributed by atoms with Crippen molar-refractivity contribution in [3.8, 4) is 5.00 Å². The summed E-state index contributed by atoms with van der Waals surface area (Å²) in [6.07, 6.45) is 4.97. The first-order valence-electron chi connectivity index (χ1n) is 8.31. The fourth-order valence-electron chi connectivity index (χ4n) is 3.17. The summed E-state index contributed by atoms with van der Waals surface area (Å²) in [6.45, 7) is 2.04. The first kappa shape index (κ1) is 19.3. The van der Waals surface area contributed by atoms with Gasteiger partial charge >= 0.3 is 0 Å². The molecule has 0 aliphatic rings. The lowest BCUT2D eigenvalue weighted by molar-refractivity contribution is 0.0993. The van der Waals surface area contributed by atoms with Crippen LogP contribution in [-0.4, -0.2) is 22.5 Å². The van der Waals surface area contributed by atoms with E-state index < -0.39 is 0 Å². The van der Waals surface area contributed by atoms with Crippen molar-refractivity contribution in [2.24, 2.45) is 0 Å². The molecule has 4 aromatic rings. The van der Waals surface area contributed by atoms with Crippen molar-refractivity contribution in [2.45, 2.75) is 6.92 Å². The lowest BCUT2D eigenvalue weighted by Gasteiger charge is -2.20. The van der Waals surface area contributed by atoms with Crippen LogP contribution in [0.2, 0.25) is 14.4 Å². The third-order valence-corrected chi connectivity index (χ3v) is 6.30. The first-order chi connectivity index (χ1) is 13.4. The van der Waals surface area contributed by atoms with E-state index in [2.05, 4.69) is 4.98 Å². The maximum Gasteiger partial charge on any atom is 0.258 e. The molecule has 0 fully saturated rings. The number of rotatable bonds is 3. The van der Waals surface area contributed by atoms with Crippen LogP contribution in [0.3, 0.4) is 0 Å². The number of carbonyl (C=O) groups excluding carboxylic acids is 1. The maximum atomic E-state index is 13.1. The molecule has 4 rings (SSSR count). The molecule has 0 saturated carbocycles. The first-order valence-corrected chi connectivity index (χ1v) is 10.3. The molecule has 0 aliphatic heterocycles. The highest BCUT2D eigenvalue weighted by molar-refractivity contribution is 7.18. The molecule has 0 saturated heterocycles. The number of amides is 1. The van der Waals surface area contributed by atoms with Gasteiger partial charge in [-0.1, -0.05) is 40.9 Å². The number of hydrogen-bond acceptors (Lipinski definition) is 3. The fraction of sp³-hybridized carbons (Fsp3) is 0.100. The van der Waals surface area contributed by atoms with Gasteiger partial charge in [0.15, 0.2) is 0 Å². The van der Waals surface area contributed by atoms with Crippen LogP contribution < -0.4 is 4.90 Å². The Morgan fingerprint density at radius 3 is 2.46 bits per heavy atom. The van der Waals surface area contributed by atoms with Crippen molar-refractivity contribution in [3.05, 3.63) is 74.4 Å². The summed E-state index contributed by atoms with van der Waals surface area (Å²) in [4.78, 5) is 18.5. The van der Waals surface area contributed by atoms with Gasteiger partial charge in [0.25, 0.3) is 5.91 Å². The second-order valence-electron chi connectivity index (χ2n) is 6.31. The minimum atomic E-state index is -0.216. The second kappa shape index (κ2) is 7.41. The number of aryl methyl sites for hydroxylation is 1. The average molecular weight is 451 g/mol. The Bertz CT molecular complexity index is 1190. The molecule has 4 nitrogen and oxygen atoms in total. The summed E-state index contributed by atoms with van der Waals surface area (Å²) in [5.41, 5.74) is 3.01. The maximum absolute atomic E-state index is 13.1. The van der Waals surface area contributed by atoms with Gasteiger partial charge in [0.1, 0.15) is 5.00 Å². The molecule has 0 N–H and O–H groups in total. The zero-order valence-electron chi connectivity index (χ0n) is 14.9. The predicted octanol–water partition coefficient (Wildman–Crippen LogP) is 6.63. The van der Waals surface area contributed by atoms with Gasteiger partial charge in [0.05, 0.1) is 25.6 Å². The van der Waals surface area contributed by atoms with E-state index in [1.54, 1.807) is 7.05 Å². The van der Waals surface area contributed by atoms with Crippen LogP contribution in [0, 0.1) is 6.92 Å². The summed E-state index contributed by atoms with van der Waals surface area (Å²) in [5.74, 6) is -0.216. The number of pyridine rings is 1. The van der Waals surface area contributed by atoms with Crippen molar-refractivity contribution in [3.63, 3.8) is 0 Å². The monoisotopic (exact) mass is 449 g/mol. The third-order valence-electron chi connectivity index (χ3n) is 4.52. The number of hydrogen-bond donors (Lipinski definition) is 0. The Hall–Kier alpha value is -2.05. The number of halogens is 3. The Morgan fingerprint density at radius 1 is 1.11 bits per heavy atom. The Labute approximate surface area is 180 Å². The molecule has 28 heavy (non-hydrogen) atoms. The van der Waals surface area contributed by atoms with Crippen LogP contribution in [-0.2, 0) is 0 Å². The molecule has 3 heterocycles. The molecular weight excluding hydrogens is 437 g/mol. The van der Waals surface area contributed by atoms with E-state index in [4.69, 9.17) is 34.8 Å². The van der Waals surface area contributed by atoms with Gasteiger partial charge in [0.2, 0.25) is 0 Å². The Kier molecular flexibility index (Phi) is 5.10. The second-order valence-corrected chi connectivity index (χ2v) is 8.82. The SMILES string of the molecule is Cc1cn(-c2ccc(Cl)s2)c2cc(C(=O)N(C)c3c(Cl)cncc3Cl)ccc12. The standard InChI is InChI=1S/C20H14Cl3N3OS/c1-11-10-26(18-6-5-17(23)28-18)16-7-12(3-4-13(11)16)20(27)25(2)19-14(21)8-24-9-15(19)22/h3-10H,1-2H3. The van der Waals surface area contributed by atoms with Gasteiger partial charge in [0, 0.05) is 36.6 Å². The van der Waals surface area contributed by atoms with E-state index in [1.807, 2.05) is 48.0 Å². The van der Waals surface area contributed by atoms with Crippen molar-refractivity contribution in [1.29, 1.82) is 0 Å². The van der Waals surface area contributed by atoms with E-state index in [-0.39, 0.29) is 5.91 Å². The van der Waals surface area contributed by atoms with Crippen LogP contribution in [0.4, 0.5) is 5.69 Å². The molecule has 0 atom stereocenters. The van der Waals surface area contributed by atoms with Gasteiger partial charge in [-0.05, 0) is 36.8 Å². The average Bonchev–Trinajstić information content (AvgIpc) is 3.24. The molecule has 0 aliphatic carbocycles. The van der Waals surface area contributed by atoms with Gasteiger partial charge in [-0.3, -0.25) is 9.78 Å². The van der Waals surface area contributed by atoms with Crippen molar-refractivity contribution >= 4 is 68.6 Å². The quantitative estimate of drug-likeness (QED) is 0.351. The van der Waals surface area contributed by atoms with Crippen LogP contribution >= 0.6 is 46.1 Å². The normalized spacial score (nSPS) is 11.2. The molecule has 0 spiro atoms. The third kappa shape index (κ3) is 3.29. The largest absolute Gasteiger partial charge is 0.309 e. The number of aromatic nitrogens is 2. The number of nitrogens with zero attached hydrogens (tertiary/aromatic N) is 3. The lowest BCUT2D eigenvalue weighted by Crippen LogP contribution is -2.26. The van der Waals surface area contributed by atoms with E-state index in [1.165, 1.54) is 28.6 Å². The van der Waals surface area contributed by atoms with Gasteiger partial charge in [-0.15, -0.1) is 11.3 Å². The van der Waals surface area contributed by atoms with Crippen LogP contribution in [0.25, 0.3) is 15.9 Å². The number of fused-ring (bicyclic) bond motifs is 1. The van der Waals surface area contributed by atoms with Gasteiger partial charge in [-0.2, -0.15) is 0 Å². The number of benzene rings is 1. The van der Waals surface area contributed by atoms with Crippen molar-refractivity contribution in [2.75, 3.05) is 11.9 Å². The summed E-state index contributed by atoms with van der Waals surface area (Å²) in [7, 11) is 1.64. The minimum Gasteiger partial charge on any atom is -0.309 e. The summed E-state index contributed by atoms with van der Waals surface area (Å²) in [6, 6.07) is 9.45. The van der Waals surface area contributed by atoms with Crippen molar-refractivity contribution < 1.29 is 4.79 Å². The highest BCUT2D eigenvalue weighted by Gasteiger charge is 2.20. The van der Waals surface area contributed by atoms with Gasteiger partial charge < -0.3 is 9.47 Å². The van der Waals surface area contributed by atoms with E-state index in [0.717, 1.165) is 21.5 Å². The molecule has 0 unspecified atom stereocenters. The van der Waals surface area contributed by atoms with Crippen LogP contribution in [0.1, 0.15) is 15.9 Å². The molecule has 1 amide bonds. The zero-order valence-corrected chi connectivity index (χ0v) is 18.0. The fourth-order valence-corrected chi connectivity index (χ4v) is 4.81. The predicted molar refractivity (Wildman–Crippen MR) is 118 cm³/mol. The number of anilines is 1. The molecular formula is C20H14Cl3N3OS. The van der Waals surface area contributed by atoms with Gasteiger partial charge in [-0.25, -0.2) is 0 Å². The van der Waals surface area contributed by atoms with Crippen molar-refractivity contribution in [1.82, 2.24) is 9.55 Å². The highest BCUT2D eigenvalue weighted by Crippen LogP contribution is 2.34. The Balaban J connectivity index is 1.80. The number of carbonyl (C=O) groups is 1. The van der Waals surface area contributed by atoms with Crippen LogP contribution in [0.5, 0.6) is 0 Å². The number of thiophene rings is 1. The van der Waals surface area contributed by atoms with E-state index >= 15 is 0 Å². The smallest absolute Gasteiger partial charge is 0.258 e. The molecule has 1 aromatic carbocycles. The summed E-state index contributed by atoms with van der Waals surface area (Å²) >= 11 is 20.0. The summed E-state index contributed by atoms with van der Waals surface area (Å²) in [5, 5.41) is 2.69.